The molecule has 2 amide bonds. The number of rotatable bonds is 7. The lowest BCUT2D eigenvalue weighted by molar-refractivity contribution is -0.384. The molecule has 1 saturated carbocycles. The molecule has 11 heteroatoms. The number of benzene rings is 2. The zero-order valence-electron chi connectivity index (χ0n) is 19.8. The fraction of sp³-hybridized carbons (Fsp3) is 0.440. The van der Waals surface area contributed by atoms with Crippen LogP contribution in [-0.4, -0.2) is 54.6 Å². The van der Waals surface area contributed by atoms with Gasteiger partial charge in [0.15, 0.2) is 0 Å². The monoisotopic (exact) mass is 514 g/mol. The summed E-state index contributed by atoms with van der Waals surface area (Å²) in [6.07, 6.45) is 4.48. The zero-order valence-corrected chi connectivity index (χ0v) is 20.7. The SMILES string of the molecule is O=C(N[C@@H]1CCCC[C@H]1NC(=O)C1CCCN(S(=O)(=O)c2ccc([N+](=O)[O-])cc2)C1)c1ccccc1. The maximum absolute atomic E-state index is 13.2. The highest BCUT2D eigenvalue weighted by Gasteiger charge is 2.36. The van der Waals surface area contributed by atoms with E-state index in [1.807, 2.05) is 6.07 Å². The smallest absolute Gasteiger partial charge is 0.269 e. The van der Waals surface area contributed by atoms with E-state index in [4.69, 9.17) is 0 Å². The summed E-state index contributed by atoms with van der Waals surface area (Å²) in [5.41, 5.74) is 0.374. The average molecular weight is 515 g/mol. The molecule has 0 spiro atoms. The fourth-order valence-corrected chi connectivity index (χ4v) is 6.41. The molecule has 3 atom stereocenters. The first-order valence-corrected chi connectivity index (χ1v) is 13.6. The standard InChI is InChI=1S/C25H30N4O6S/c30-24(18-7-2-1-3-8-18)26-22-10-4-5-11-23(22)27-25(31)19-9-6-16-28(17-19)36(34,35)21-14-12-20(13-15-21)29(32)33/h1-3,7-8,12-15,19,22-23H,4-6,9-11,16-17H2,(H,26,30)(H,27,31)/t19?,22-,23-/m1/s1. The molecule has 2 aromatic rings. The highest BCUT2D eigenvalue weighted by molar-refractivity contribution is 7.89. The van der Waals surface area contributed by atoms with Gasteiger partial charge in [-0.05, 0) is 49.9 Å². The Balaban J connectivity index is 1.40. The van der Waals surface area contributed by atoms with Crippen LogP contribution in [0.15, 0.2) is 59.5 Å². The minimum Gasteiger partial charge on any atom is -0.351 e. The molecule has 2 aliphatic rings. The second-order valence-corrected chi connectivity index (χ2v) is 11.2. The molecule has 2 aromatic carbocycles. The second kappa shape index (κ2) is 11.2. The molecule has 1 heterocycles. The van der Waals surface area contributed by atoms with Crippen molar-refractivity contribution >= 4 is 27.5 Å². The molecule has 1 unspecified atom stereocenters. The Morgan fingerprint density at radius 1 is 0.889 bits per heavy atom. The maximum Gasteiger partial charge on any atom is 0.269 e. The number of nitrogens with one attached hydrogen (secondary N) is 2. The quantitative estimate of drug-likeness (QED) is 0.430. The molecule has 36 heavy (non-hydrogen) atoms. The van der Waals surface area contributed by atoms with Gasteiger partial charge >= 0.3 is 0 Å². The number of nitro groups is 1. The van der Waals surface area contributed by atoms with Crippen LogP contribution in [0.25, 0.3) is 0 Å². The van der Waals surface area contributed by atoms with E-state index in [0.717, 1.165) is 37.8 Å². The van der Waals surface area contributed by atoms with Crippen molar-refractivity contribution in [3.63, 3.8) is 0 Å². The summed E-state index contributed by atoms with van der Waals surface area (Å²) in [6.45, 7) is 0.321. The Bertz CT molecular complexity index is 1200. The third kappa shape index (κ3) is 5.90. The van der Waals surface area contributed by atoms with Crippen molar-refractivity contribution in [2.24, 2.45) is 5.92 Å². The van der Waals surface area contributed by atoms with Crippen molar-refractivity contribution in [2.45, 2.75) is 55.5 Å². The molecule has 192 valence electrons. The van der Waals surface area contributed by atoms with Gasteiger partial charge in [0.25, 0.3) is 11.6 Å². The van der Waals surface area contributed by atoms with Gasteiger partial charge in [0, 0.05) is 42.9 Å². The van der Waals surface area contributed by atoms with Crippen LogP contribution in [0.4, 0.5) is 5.69 Å². The minimum absolute atomic E-state index is 0.0369. The van der Waals surface area contributed by atoms with Crippen molar-refractivity contribution in [1.29, 1.82) is 0 Å². The van der Waals surface area contributed by atoms with Crippen LogP contribution in [0.2, 0.25) is 0 Å². The molecular formula is C25H30N4O6S. The zero-order chi connectivity index (χ0) is 25.7. The summed E-state index contributed by atoms with van der Waals surface area (Å²) in [6, 6.07) is 13.3. The van der Waals surface area contributed by atoms with E-state index in [1.54, 1.807) is 24.3 Å². The van der Waals surface area contributed by atoms with Crippen molar-refractivity contribution in [1.82, 2.24) is 14.9 Å². The van der Waals surface area contributed by atoms with Gasteiger partial charge in [-0.2, -0.15) is 4.31 Å². The van der Waals surface area contributed by atoms with Crippen LogP contribution >= 0.6 is 0 Å². The summed E-state index contributed by atoms with van der Waals surface area (Å²) in [5.74, 6) is -0.914. The molecule has 2 N–H and O–H groups in total. The molecule has 4 rings (SSSR count). The van der Waals surface area contributed by atoms with Gasteiger partial charge in [-0.25, -0.2) is 8.42 Å². The summed E-state index contributed by atoms with van der Waals surface area (Å²) in [4.78, 5) is 36.1. The van der Waals surface area contributed by atoms with Crippen LogP contribution in [0.5, 0.6) is 0 Å². The van der Waals surface area contributed by atoms with Crippen molar-refractivity contribution in [2.75, 3.05) is 13.1 Å². The number of nitrogens with zero attached hydrogens (tertiary/aromatic N) is 2. The first-order chi connectivity index (χ1) is 17.3. The third-order valence-electron chi connectivity index (χ3n) is 6.89. The summed E-state index contributed by atoms with van der Waals surface area (Å²) in [5, 5.41) is 17.0. The van der Waals surface area contributed by atoms with E-state index in [2.05, 4.69) is 10.6 Å². The molecule has 0 bridgehead atoms. The molecule has 1 aliphatic carbocycles. The van der Waals surface area contributed by atoms with Gasteiger partial charge in [0.1, 0.15) is 0 Å². The summed E-state index contributed by atoms with van der Waals surface area (Å²) in [7, 11) is -3.89. The molecule has 10 nitrogen and oxygen atoms in total. The Hall–Kier alpha value is -3.31. The topological polar surface area (TPSA) is 139 Å². The Morgan fingerprint density at radius 3 is 2.17 bits per heavy atom. The van der Waals surface area contributed by atoms with Crippen LogP contribution < -0.4 is 10.6 Å². The van der Waals surface area contributed by atoms with Gasteiger partial charge in [0.2, 0.25) is 15.9 Å². The normalized spacial score (nSPS) is 22.9. The Kier molecular flexibility index (Phi) is 8.00. The lowest BCUT2D eigenvalue weighted by Crippen LogP contribution is -2.55. The number of nitro benzene ring substituents is 1. The van der Waals surface area contributed by atoms with E-state index < -0.39 is 20.9 Å². The lowest BCUT2D eigenvalue weighted by Gasteiger charge is -2.36. The highest BCUT2D eigenvalue weighted by atomic mass is 32.2. The largest absolute Gasteiger partial charge is 0.351 e. The minimum atomic E-state index is -3.89. The number of piperidine rings is 1. The summed E-state index contributed by atoms with van der Waals surface area (Å²) >= 11 is 0. The predicted octanol–water partition coefficient (Wildman–Crippen LogP) is 2.85. The van der Waals surface area contributed by atoms with Crippen LogP contribution in [0.3, 0.4) is 0 Å². The molecule has 0 radical (unpaired) electrons. The molecular weight excluding hydrogens is 484 g/mol. The fourth-order valence-electron chi connectivity index (χ4n) is 4.88. The van der Waals surface area contributed by atoms with Crippen molar-refractivity contribution in [3.05, 3.63) is 70.3 Å². The van der Waals surface area contributed by atoms with Gasteiger partial charge < -0.3 is 10.6 Å². The van der Waals surface area contributed by atoms with Gasteiger partial charge in [-0.3, -0.25) is 19.7 Å². The average Bonchev–Trinajstić information content (AvgIpc) is 2.90. The maximum atomic E-state index is 13.2. The molecule has 0 aromatic heterocycles. The Labute approximate surface area is 210 Å². The van der Waals surface area contributed by atoms with E-state index in [1.165, 1.54) is 16.4 Å². The molecule has 2 fully saturated rings. The number of carbonyl (C=O) groups excluding carboxylic acids is 2. The van der Waals surface area contributed by atoms with E-state index in [0.29, 0.717) is 18.4 Å². The first kappa shape index (κ1) is 25.8. The third-order valence-corrected chi connectivity index (χ3v) is 8.77. The van der Waals surface area contributed by atoms with E-state index >= 15 is 0 Å². The number of sulfonamides is 1. The van der Waals surface area contributed by atoms with Crippen LogP contribution in [0.1, 0.15) is 48.9 Å². The second-order valence-electron chi connectivity index (χ2n) is 9.30. The first-order valence-electron chi connectivity index (χ1n) is 12.2. The van der Waals surface area contributed by atoms with Gasteiger partial charge in [-0.1, -0.05) is 31.0 Å². The number of hydrogen-bond donors (Lipinski definition) is 2. The summed E-state index contributed by atoms with van der Waals surface area (Å²) < 4.78 is 27.5. The number of amides is 2. The van der Waals surface area contributed by atoms with E-state index in [9.17, 15) is 28.1 Å². The molecule has 1 aliphatic heterocycles. The van der Waals surface area contributed by atoms with Crippen molar-refractivity contribution < 1.29 is 22.9 Å². The van der Waals surface area contributed by atoms with Crippen molar-refractivity contribution in [3.8, 4) is 0 Å². The van der Waals surface area contributed by atoms with Gasteiger partial charge in [-0.15, -0.1) is 0 Å². The highest BCUT2D eigenvalue weighted by Crippen LogP contribution is 2.26. The van der Waals surface area contributed by atoms with E-state index in [-0.39, 0.29) is 47.6 Å². The van der Waals surface area contributed by atoms with Gasteiger partial charge in [0.05, 0.1) is 15.7 Å². The number of carbonyl (C=O) groups is 2. The molecule has 1 saturated heterocycles. The van der Waals surface area contributed by atoms with Crippen LogP contribution in [0, 0.1) is 16.0 Å². The number of non-ortho nitro benzene ring substituents is 1. The number of hydrogen-bond acceptors (Lipinski definition) is 6. The van der Waals surface area contributed by atoms with Crippen LogP contribution in [-0.2, 0) is 14.8 Å². The predicted molar refractivity (Wildman–Crippen MR) is 133 cm³/mol. The lowest BCUT2D eigenvalue weighted by atomic mass is 9.89. The Morgan fingerprint density at radius 2 is 1.53 bits per heavy atom.